The van der Waals surface area contributed by atoms with Crippen LogP contribution in [0.2, 0.25) is 0 Å². The minimum Gasteiger partial charge on any atom is -0.473 e. The molecule has 0 unspecified atom stereocenters. The monoisotopic (exact) mass is 604 g/mol. The van der Waals surface area contributed by atoms with Crippen molar-refractivity contribution in [3.8, 4) is 23.2 Å². The predicted octanol–water partition coefficient (Wildman–Crippen LogP) is 7.39. The smallest absolute Gasteiger partial charge is 0.337 e. The summed E-state index contributed by atoms with van der Waals surface area (Å²) in [6, 6.07) is 21.7. The average molecular weight is 605 g/mol. The van der Waals surface area contributed by atoms with Gasteiger partial charge in [0, 0.05) is 30.2 Å². The molecule has 3 aromatic carbocycles. The van der Waals surface area contributed by atoms with Crippen LogP contribution in [0.3, 0.4) is 0 Å². The van der Waals surface area contributed by atoms with Crippen molar-refractivity contribution in [2.75, 3.05) is 7.11 Å². The highest BCUT2D eigenvalue weighted by Gasteiger charge is 2.54. The molecule has 2 aliphatic rings. The molecule has 9 heteroatoms. The van der Waals surface area contributed by atoms with Crippen LogP contribution in [0.15, 0.2) is 72.8 Å². The molecular weight excluding hydrogens is 574 g/mol. The maximum atomic E-state index is 15.7. The number of pyridine rings is 1. The molecule has 226 valence electrons. The van der Waals surface area contributed by atoms with E-state index in [9.17, 15) is 9.18 Å². The van der Waals surface area contributed by atoms with Crippen LogP contribution in [-0.4, -0.2) is 27.6 Å². The Morgan fingerprint density at radius 2 is 1.80 bits per heavy atom. The summed E-state index contributed by atoms with van der Waals surface area (Å²) in [5.41, 5.74) is 4.48. The number of rotatable bonds is 10. The van der Waals surface area contributed by atoms with Crippen LogP contribution >= 0.6 is 0 Å². The Morgan fingerprint density at radius 3 is 2.51 bits per heavy atom. The number of aromatic nitrogens is 3. The van der Waals surface area contributed by atoms with Crippen molar-refractivity contribution in [2.24, 2.45) is 11.3 Å². The van der Waals surface area contributed by atoms with E-state index in [0.29, 0.717) is 34.4 Å². The molecule has 2 aromatic heterocycles. The summed E-state index contributed by atoms with van der Waals surface area (Å²) in [4.78, 5) is 21.7. The summed E-state index contributed by atoms with van der Waals surface area (Å²) in [7, 11) is 1.37. The van der Waals surface area contributed by atoms with Gasteiger partial charge in [-0.3, -0.25) is 0 Å². The fraction of sp³-hybridized carbons (Fsp3) is 0.278. The first-order valence-electron chi connectivity index (χ1n) is 15.0. The van der Waals surface area contributed by atoms with E-state index in [1.165, 1.54) is 57.1 Å². The minimum atomic E-state index is -0.528. The third kappa shape index (κ3) is 5.76. The van der Waals surface area contributed by atoms with Crippen LogP contribution in [0, 0.1) is 34.3 Å². The molecule has 0 amide bonds. The van der Waals surface area contributed by atoms with Gasteiger partial charge in [-0.15, -0.1) is 0 Å². The second kappa shape index (κ2) is 11.4. The second-order valence-corrected chi connectivity index (χ2v) is 12.0. The standard InChI is InChI=1S/C36H30F2N4O3/c1-44-35(43)25-9-12-31-32(17-25)42(21-36(13-14-36)27-10-11-27)33(40-31)18-23-7-8-24(16-29(23)38)30-3-2-4-34(41-30)45-20-26-6-5-22(19-39)15-28(26)37/h2-9,12,15-17,27H,10-11,13-14,18,20-21H2,1H3. The summed E-state index contributed by atoms with van der Waals surface area (Å²) in [6.45, 7) is 0.738. The number of halogens is 2. The molecular formula is C36H30F2N4O3. The minimum absolute atomic E-state index is 0.0640. The van der Waals surface area contributed by atoms with Gasteiger partial charge in [0.1, 0.15) is 24.1 Å². The Bertz CT molecular complexity index is 1990. The van der Waals surface area contributed by atoms with Gasteiger partial charge in [0.05, 0.1) is 41.0 Å². The van der Waals surface area contributed by atoms with E-state index in [0.717, 1.165) is 29.3 Å². The Labute approximate surface area is 259 Å². The summed E-state index contributed by atoms with van der Waals surface area (Å²) < 4.78 is 42.8. The molecule has 0 atom stereocenters. The first kappa shape index (κ1) is 28.7. The number of nitriles is 1. The molecule has 2 aliphatic carbocycles. The number of carbonyl (C=O) groups is 1. The van der Waals surface area contributed by atoms with Gasteiger partial charge in [-0.2, -0.15) is 5.26 Å². The van der Waals surface area contributed by atoms with E-state index < -0.39 is 11.8 Å². The molecule has 2 fully saturated rings. The molecule has 7 rings (SSSR count). The highest BCUT2D eigenvalue weighted by atomic mass is 19.1. The maximum absolute atomic E-state index is 15.7. The number of hydrogen-bond donors (Lipinski definition) is 0. The summed E-state index contributed by atoms with van der Waals surface area (Å²) in [6.07, 6.45) is 5.14. The van der Waals surface area contributed by atoms with Crippen molar-refractivity contribution in [2.45, 2.75) is 45.3 Å². The van der Waals surface area contributed by atoms with Crippen molar-refractivity contribution in [3.05, 3.63) is 113 Å². The van der Waals surface area contributed by atoms with Crippen molar-refractivity contribution < 1.29 is 23.0 Å². The van der Waals surface area contributed by atoms with Gasteiger partial charge in [-0.05, 0) is 85.0 Å². The fourth-order valence-corrected chi connectivity index (χ4v) is 6.16. The van der Waals surface area contributed by atoms with E-state index >= 15 is 4.39 Å². The number of methoxy groups -OCH3 is 1. The molecule has 5 aromatic rings. The molecule has 0 spiro atoms. The fourth-order valence-electron chi connectivity index (χ4n) is 6.16. The topological polar surface area (TPSA) is 90.0 Å². The number of imidazole rings is 1. The van der Waals surface area contributed by atoms with Gasteiger partial charge in [0.2, 0.25) is 5.88 Å². The van der Waals surface area contributed by atoms with Crippen LogP contribution in [0.5, 0.6) is 5.88 Å². The summed E-state index contributed by atoms with van der Waals surface area (Å²) in [5.74, 6) is 0.441. The number of carbonyl (C=O) groups excluding carboxylic acids is 1. The molecule has 0 N–H and O–H groups in total. The van der Waals surface area contributed by atoms with E-state index in [-0.39, 0.29) is 29.3 Å². The van der Waals surface area contributed by atoms with E-state index in [1.54, 1.807) is 30.3 Å². The third-order valence-corrected chi connectivity index (χ3v) is 9.04. The number of ether oxygens (including phenoxy) is 2. The van der Waals surface area contributed by atoms with Crippen molar-refractivity contribution in [1.29, 1.82) is 5.26 Å². The first-order chi connectivity index (χ1) is 21.9. The lowest BCUT2D eigenvalue weighted by molar-refractivity contribution is 0.0601. The van der Waals surface area contributed by atoms with Crippen LogP contribution in [0.4, 0.5) is 8.78 Å². The molecule has 0 radical (unpaired) electrons. The highest BCUT2D eigenvalue weighted by molar-refractivity contribution is 5.93. The Morgan fingerprint density at radius 1 is 1.00 bits per heavy atom. The molecule has 0 aliphatic heterocycles. The van der Waals surface area contributed by atoms with Gasteiger partial charge in [-0.1, -0.05) is 24.3 Å². The second-order valence-electron chi connectivity index (χ2n) is 12.0. The number of esters is 1. The average Bonchev–Trinajstić information content (AvgIpc) is 3.99. The van der Waals surface area contributed by atoms with Gasteiger partial charge in [-0.25, -0.2) is 23.5 Å². The molecule has 45 heavy (non-hydrogen) atoms. The SMILES string of the molecule is COC(=O)c1ccc2nc(Cc3ccc(-c4cccc(OCc5ccc(C#N)cc5F)n4)cc3F)n(CC3(C4CC4)CC3)c2c1. The van der Waals surface area contributed by atoms with Crippen molar-refractivity contribution in [3.63, 3.8) is 0 Å². The quantitative estimate of drug-likeness (QED) is 0.154. The van der Waals surface area contributed by atoms with Crippen LogP contribution in [-0.2, 0) is 24.3 Å². The van der Waals surface area contributed by atoms with Gasteiger partial charge in [0.25, 0.3) is 0 Å². The van der Waals surface area contributed by atoms with E-state index in [2.05, 4.69) is 9.55 Å². The highest BCUT2D eigenvalue weighted by Crippen LogP contribution is 2.62. The third-order valence-electron chi connectivity index (χ3n) is 9.04. The molecule has 0 saturated heterocycles. The van der Waals surface area contributed by atoms with Gasteiger partial charge >= 0.3 is 5.97 Å². The number of fused-ring (bicyclic) bond motifs is 1. The molecule has 2 saturated carbocycles. The van der Waals surface area contributed by atoms with Crippen LogP contribution in [0.1, 0.15) is 58.6 Å². The normalized spacial score (nSPS) is 15.1. The summed E-state index contributed by atoms with van der Waals surface area (Å²) in [5, 5.41) is 8.95. The zero-order valence-electron chi connectivity index (χ0n) is 24.7. The number of hydrogen-bond acceptors (Lipinski definition) is 6. The number of nitrogens with zero attached hydrogens (tertiary/aromatic N) is 4. The van der Waals surface area contributed by atoms with E-state index in [1.807, 2.05) is 24.3 Å². The molecule has 0 bridgehead atoms. The number of benzene rings is 3. The lowest BCUT2D eigenvalue weighted by Gasteiger charge is -2.18. The first-order valence-corrected chi connectivity index (χ1v) is 15.0. The van der Waals surface area contributed by atoms with Crippen molar-refractivity contribution >= 4 is 17.0 Å². The molecule has 2 heterocycles. The van der Waals surface area contributed by atoms with Gasteiger partial charge < -0.3 is 14.0 Å². The molecule has 7 nitrogen and oxygen atoms in total. The Kier molecular flexibility index (Phi) is 7.28. The van der Waals surface area contributed by atoms with Crippen LogP contribution < -0.4 is 4.74 Å². The Balaban J connectivity index is 1.13. The largest absolute Gasteiger partial charge is 0.473 e. The lowest BCUT2D eigenvalue weighted by atomic mass is 10.00. The zero-order valence-corrected chi connectivity index (χ0v) is 24.7. The predicted molar refractivity (Wildman–Crippen MR) is 163 cm³/mol. The lowest BCUT2D eigenvalue weighted by Crippen LogP contribution is -2.16. The summed E-state index contributed by atoms with van der Waals surface area (Å²) >= 11 is 0. The Hall–Kier alpha value is -5.10. The van der Waals surface area contributed by atoms with Crippen LogP contribution in [0.25, 0.3) is 22.3 Å². The van der Waals surface area contributed by atoms with Gasteiger partial charge in [0.15, 0.2) is 0 Å². The maximum Gasteiger partial charge on any atom is 0.337 e. The van der Waals surface area contributed by atoms with Crippen molar-refractivity contribution in [1.82, 2.24) is 14.5 Å². The zero-order chi connectivity index (χ0) is 31.1. The van der Waals surface area contributed by atoms with E-state index in [4.69, 9.17) is 19.7 Å².